The van der Waals surface area contributed by atoms with Crippen LogP contribution in [0.5, 0.6) is 0 Å². The average molecular weight is 394 g/mol. The summed E-state index contributed by atoms with van der Waals surface area (Å²) in [6.45, 7) is 8.81. The normalized spacial score (nSPS) is 15.0. The zero-order chi connectivity index (χ0) is 20.1. The van der Waals surface area contributed by atoms with Crippen molar-refractivity contribution in [2.24, 2.45) is 0 Å². The lowest BCUT2D eigenvalue weighted by Gasteiger charge is -2.36. The molecule has 29 heavy (non-hydrogen) atoms. The molecule has 152 valence electrons. The van der Waals surface area contributed by atoms with Crippen molar-refractivity contribution < 1.29 is 8.91 Å². The Bertz CT molecular complexity index is 917. The first kappa shape index (κ1) is 19.6. The Morgan fingerprint density at radius 3 is 2.55 bits per heavy atom. The van der Waals surface area contributed by atoms with Crippen LogP contribution < -0.4 is 10.2 Å². The molecule has 1 aliphatic heterocycles. The molecule has 0 atom stereocenters. The second kappa shape index (κ2) is 9.20. The molecule has 5 nitrogen and oxygen atoms in total. The van der Waals surface area contributed by atoms with E-state index >= 15 is 0 Å². The summed E-state index contributed by atoms with van der Waals surface area (Å²) in [4.78, 5) is 4.92. The Morgan fingerprint density at radius 1 is 1.03 bits per heavy atom. The zero-order valence-electron chi connectivity index (χ0n) is 16.8. The lowest BCUT2D eigenvalue weighted by atomic mass is 10.1. The van der Waals surface area contributed by atoms with Gasteiger partial charge in [-0.2, -0.15) is 0 Å². The van der Waals surface area contributed by atoms with Gasteiger partial charge in [0.15, 0.2) is 5.76 Å². The third-order valence-electron chi connectivity index (χ3n) is 5.38. The van der Waals surface area contributed by atoms with E-state index in [0.717, 1.165) is 39.3 Å². The van der Waals surface area contributed by atoms with Crippen molar-refractivity contribution >= 4 is 5.69 Å². The predicted molar refractivity (Wildman–Crippen MR) is 113 cm³/mol. The maximum Gasteiger partial charge on any atom is 0.151 e. The monoisotopic (exact) mass is 394 g/mol. The summed E-state index contributed by atoms with van der Waals surface area (Å²) >= 11 is 0. The molecular formula is C23H27FN4O. The number of hydrogen-bond acceptors (Lipinski definition) is 5. The number of benzene rings is 2. The molecular weight excluding hydrogens is 367 g/mol. The smallest absolute Gasteiger partial charge is 0.151 e. The van der Waals surface area contributed by atoms with Crippen molar-refractivity contribution in [2.75, 3.05) is 44.2 Å². The number of nitrogens with zero attached hydrogens (tertiary/aromatic N) is 3. The first-order valence-corrected chi connectivity index (χ1v) is 10.1. The molecule has 0 radical (unpaired) electrons. The van der Waals surface area contributed by atoms with Crippen LogP contribution >= 0.6 is 0 Å². The maximum absolute atomic E-state index is 13.8. The highest BCUT2D eigenvalue weighted by atomic mass is 19.1. The van der Waals surface area contributed by atoms with Crippen LogP contribution in [0.4, 0.5) is 10.1 Å². The number of halogens is 1. The molecule has 0 bridgehead atoms. The molecule has 2 heterocycles. The molecule has 0 aliphatic carbocycles. The van der Waals surface area contributed by atoms with Crippen molar-refractivity contribution in [1.82, 2.24) is 15.4 Å². The highest BCUT2D eigenvalue weighted by Crippen LogP contribution is 2.22. The Kier molecular flexibility index (Phi) is 6.22. The topological polar surface area (TPSA) is 44.5 Å². The van der Waals surface area contributed by atoms with Crippen LogP contribution in [0.15, 0.2) is 59.1 Å². The van der Waals surface area contributed by atoms with E-state index in [1.165, 1.54) is 17.3 Å². The molecule has 0 saturated carbocycles. The van der Waals surface area contributed by atoms with E-state index in [2.05, 4.69) is 51.5 Å². The molecule has 2 aromatic carbocycles. The summed E-state index contributed by atoms with van der Waals surface area (Å²) < 4.78 is 19.2. The van der Waals surface area contributed by atoms with Gasteiger partial charge in [-0.05, 0) is 31.2 Å². The summed E-state index contributed by atoms with van der Waals surface area (Å²) in [7, 11) is 0. The van der Waals surface area contributed by atoms with Gasteiger partial charge in [-0.15, -0.1) is 0 Å². The SMILES string of the molecule is Cc1ccc(N2CCN(CCNCc3cc(-c4ccccc4F)no3)CC2)cc1. The molecule has 1 aliphatic rings. The standard InChI is InChI=1S/C23H27FN4O/c1-18-6-8-19(9-7-18)28-14-12-27(13-15-28)11-10-25-17-20-16-23(26-29-20)21-4-2-3-5-22(21)24/h2-9,16,25H,10-15,17H2,1H3. The van der Waals surface area contributed by atoms with E-state index in [1.807, 2.05) is 0 Å². The minimum atomic E-state index is -0.287. The minimum Gasteiger partial charge on any atom is -0.369 e. The van der Waals surface area contributed by atoms with E-state index in [9.17, 15) is 4.39 Å². The second-order valence-electron chi connectivity index (χ2n) is 7.50. The van der Waals surface area contributed by atoms with E-state index in [-0.39, 0.29) is 5.82 Å². The fourth-order valence-electron chi connectivity index (χ4n) is 3.63. The molecule has 0 amide bonds. The molecule has 1 saturated heterocycles. The van der Waals surface area contributed by atoms with E-state index < -0.39 is 0 Å². The number of hydrogen-bond donors (Lipinski definition) is 1. The number of aromatic nitrogens is 1. The first-order chi connectivity index (χ1) is 14.2. The second-order valence-corrected chi connectivity index (χ2v) is 7.50. The number of rotatable bonds is 7. The van der Waals surface area contributed by atoms with Crippen molar-refractivity contribution in [1.29, 1.82) is 0 Å². The van der Waals surface area contributed by atoms with Gasteiger partial charge in [0.25, 0.3) is 0 Å². The molecule has 0 unspecified atom stereocenters. The van der Waals surface area contributed by atoms with Crippen molar-refractivity contribution in [3.05, 3.63) is 71.7 Å². The van der Waals surface area contributed by atoms with Crippen LogP contribution in [0.1, 0.15) is 11.3 Å². The number of anilines is 1. The fourth-order valence-corrected chi connectivity index (χ4v) is 3.63. The van der Waals surface area contributed by atoms with Gasteiger partial charge in [-0.3, -0.25) is 4.90 Å². The third kappa shape index (κ3) is 5.02. The van der Waals surface area contributed by atoms with E-state index in [1.54, 1.807) is 24.3 Å². The van der Waals surface area contributed by atoms with Crippen LogP contribution in [0.2, 0.25) is 0 Å². The first-order valence-electron chi connectivity index (χ1n) is 10.1. The van der Waals surface area contributed by atoms with E-state index in [4.69, 9.17) is 4.52 Å². The lowest BCUT2D eigenvalue weighted by Crippen LogP contribution is -2.48. The Hall–Kier alpha value is -2.70. The molecule has 0 spiro atoms. The van der Waals surface area contributed by atoms with Gasteiger partial charge in [-0.1, -0.05) is 35.0 Å². The summed E-state index contributed by atoms with van der Waals surface area (Å²) in [5.74, 6) is 0.428. The molecule has 6 heteroatoms. The van der Waals surface area contributed by atoms with Crippen molar-refractivity contribution in [3.8, 4) is 11.3 Å². The quantitative estimate of drug-likeness (QED) is 0.619. The van der Waals surface area contributed by atoms with Gasteiger partial charge >= 0.3 is 0 Å². The Balaban J connectivity index is 1.18. The number of piperazine rings is 1. The largest absolute Gasteiger partial charge is 0.369 e. The summed E-state index contributed by atoms with van der Waals surface area (Å²) in [6.07, 6.45) is 0. The van der Waals surface area contributed by atoms with Crippen LogP contribution in [-0.4, -0.2) is 49.3 Å². The lowest BCUT2D eigenvalue weighted by molar-refractivity contribution is 0.255. The average Bonchev–Trinajstić information content (AvgIpc) is 3.21. The third-order valence-corrected chi connectivity index (χ3v) is 5.38. The zero-order valence-corrected chi connectivity index (χ0v) is 16.8. The van der Waals surface area contributed by atoms with Crippen LogP contribution in [0.25, 0.3) is 11.3 Å². The van der Waals surface area contributed by atoms with Crippen LogP contribution in [0, 0.1) is 12.7 Å². The van der Waals surface area contributed by atoms with Gasteiger partial charge in [0.2, 0.25) is 0 Å². The molecule has 4 rings (SSSR count). The molecule has 1 N–H and O–H groups in total. The van der Waals surface area contributed by atoms with Crippen LogP contribution in [0.3, 0.4) is 0 Å². The van der Waals surface area contributed by atoms with Gasteiger partial charge in [-0.25, -0.2) is 4.39 Å². The summed E-state index contributed by atoms with van der Waals surface area (Å²) in [6, 6.07) is 17.2. The predicted octanol–water partition coefficient (Wildman–Crippen LogP) is 3.70. The van der Waals surface area contributed by atoms with E-state index in [0.29, 0.717) is 23.6 Å². The van der Waals surface area contributed by atoms with Gasteiger partial charge in [0.1, 0.15) is 11.5 Å². The van der Waals surface area contributed by atoms with Gasteiger partial charge in [0, 0.05) is 56.6 Å². The Labute approximate surface area is 171 Å². The Morgan fingerprint density at radius 2 is 1.79 bits per heavy atom. The highest BCUT2D eigenvalue weighted by molar-refractivity contribution is 5.59. The fraction of sp³-hybridized carbons (Fsp3) is 0.348. The van der Waals surface area contributed by atoms with Crippen molar-refractivity contribution in [3.63, 3.8) is 0 Å². The minimum absolute atomic E-state index is 0.287. The van der Waals surface area contributed by atoms with Crippen molar-refractivity contribution in [2.45, 2.75) is 13.5 Å². The molecule has 3 aromatic rings. The summed E-state index contributed by atoms with van der Waals surface area (Å²) in [5.41, 5.74) is 3.61. The number of nitrogens with one attached hydrogen (secondary N) is 1. The maximum atomic E-state index is 13.8. The summed E-state index contributed by atoms with van der Waals surface area (Å²) in [5, 5.41) is 7.38. The number of aryl methyl sites for hydroxylation is 1. The molecule has 1 fully saturated rings. The van der Waals surface area contributed by atoms with Gasteiger partial charge < -0.3 is 14.7 Å². The van der Waals surface area contributed by atoms with Crippen LogP contribution in [-0.2, 0) is 6.54 Å². The molecule has 1 aromatic heterocycles. The highest BCUT2D eigenvalue weighted by Gasteiger charge is 2.17. The van der Waals surface area contributed by atoms with Gasteiger partial charge in [0.05, 0.1) is 6.54 Å².